The van der Waals surface area contributed by atoms with E-state index in [1.165, 1.54) is 75.4 Å². The van der Waals surface area contributed by atoms with Crippen LogP contribution < -0.4 is 20.5 Å². The SMILES string of the molecule is CC1(c2ccccc2)c2ccccc2-c2c1ccc1c2Sc2c(-c3ccc(N(c4ccccc4)c4ccc(-c5ccccc5)cc4)cc3)cccc2[Si]1(C)c1ccccc1. The van der Waals surface area contributed by atoms with E-state index in [0.717, 1.165) is 17.1 Å². The smallest absolute Gasteiger partial charge is 0.148 e. The number of rotatable bonds is 7. The zero-order valence-corrected chi connectivity index (χ0v) is 35.5. The van der Waals surface area contributed by atoms with E-state index in [0.29, 0.717) is 0 Å². The van der Waals surface area contributed by atoms with Gasteiger partial charge < -0.3 is 4.90 Å². The number of nitrogens with zero attached hydrogens (tertiary/aromatic N) is 1. The minimum Gasteiger partial charge on any atom is -0.311 e. The van der Waals surface area contributed by atoms with Crippen molar-refractivity contribution in [2.45, 2.75) is 28.7 Å². The van der Waals surface area contributed by atoms with Crippen molar-refractivity contribution in [3.05, 3.63) is 241 Å². The second kappa shape index (κ2) is 14.6. The molecule has 60 heavy (non-hydrogen) atoms. The molecular weight excluding hydrogens is 759 g/mol. The second-order valence-corrected chi connectivity index (χ2v) is 21.2. The maximum Gasteiger partial charge on any atom is 0.148 e. The second-order valence-electron chi connectivity index (χ2n) is 16.3. The van der Waals surface area contributed by atoms with Crippen molar-refractivity contribution < 1.29 is 0 Å². The summed E-state index contributed by atoms with van der Waals surface area (Å²) in [4.78, 5) is 5.16. The Morgan fingerprint density at radius 1 is 0.400 bits per heavy atom. The first kappa shape index (κ1) is 36.4. The van der Waals surface area contributed by atoms with Crippen LogP contribution >= 0.6 is 11.8 Å². The standard InChI is InChI=1S/C57H43NSSi/c1-57(43-20-9-4-10-21-43)50-28-16-15-26-49(50)54-51(57)38-39-53-56(54)59-55-48(27-17-29-52(55)60(53,2)47-24-13-6-14-25-47)42-32-36-46(37-33-42)58(44-22-11-5-12-23-44)45-34-30-41(31-35-45)40-18-7-3-8-19-40/h3-39H,1-2H3. The van der Waals surface area contributed by atoms with E-state index in [4.69, 9.17) is 0 Å². The van der Waals surface area contributed by atoms with Crippen molar-refractivity contribution in [1.82, 2.24) is 0 Å². The van der Waals surface area contributed by atoms with Gasteiger partial charge in [-0.3, -0.25) is 0 Å². The lowest BCUT2D eigenvalue weighted by Gasteiger charge is -2.39. The monoisotopic (exact) mass is 801 g/mol. The number of benzene rings is 9. The molecule has 1 nitrogen and oxygen atoms in total. The molecule has 1 heterocycles. The molecule has 286 valence electrons. The first-order valence-corrected chi connectivity index (χ1v) is 24.2. The third kappa shape index (κ3) is 5.68. The summed E-state index contributed by atoms with van der Waals surface area (Å²) in [5.41, 5.74) is 14.9. The fourth-order valence-corrected chi connectivity index (χ4v) is 16.5. The van der Waals surface area contributed by atoms with E-state index in [2.05, 4.69) is 243 Å². The Balaban J connectivity index is 1.06. The number of para-hydroxylation sites is 1. The molecule has 0 fully saturated rings. The molecule has 0 N–H and O–H groups in total. The quantitative estimate of drug-likeness (QED) is 0.148. The van der Waals surface area contributed by atoms with Crippen LogP contribution in [0.5, 0.6) is 0 Å². The molecule has 0 aromatic heterocycles. The molecular formula is C57H43NSSi. The van der Waals surface area contributed by atoms with Crippen LogP contribution in [0, 0.1) is 0 Å². The Bertz CT molecular complexity index is 3000. The summed E-state index contributed by atoms with van der Waals surface area (Å²) < 4.78 is 0. The highest BCUT2D eigenvalue weighted by Gasteiger charge is 2.47. The lowest BCUT2D eigenvalue weighted by molar-refractivity contribution is 0.713. The lowest BCUT2D eigenvalue weighted by atomic mass is 9.74. The summed E-state index contributed by atoms with van der Waals surface area (Å²) >= 11 is 1.99. The van der Waals surface area contributed by atoms with Gasteiger partial charge in [0.15, 0.2) is 0 Å². The van der Waals surface area contributed by atoms with Crippen molar-refractivity contribution in [2.75, 3.05) is 4.90 Å². The Kier molecular flexibility index (Phi) is 8.84. The predicted octanol–water partition coefficient (Wildman–Crippen LogP) is 13.4. The lowest BCUT2D eigenvalue weighted by Crippen LogP contribution is -2.67. The Morgan fingerprint density at radius 2 is 0.917 bits per heavy atom. The van der Waals surface area contributed by atoms with E-state index in [1.807, 2.05) is 11.8 Å². The van der Waals surface area contributed by atoms with Gasteiger partial charge in [-0.2, -0.15) is 0 Å². The van der Waals surface area contributed by atoms with Crippen molar-refractivity contribution >= 4 is 52.5 Å². The van der Waals surface area contributed by atoms with Crippen LogP contribution in [0.15, 0.2) is 234 Å². The number of hydrogen-bond acceptors (Lipinski definition) is 2. The van der Waals surface area contributed by atoms with Gasteiger partial charge in [-0.1, -0.05) is 206 Å². The average Bonchev–Trinajstić information content (AvgIpc) is 3.59. The molecule has 9 aromatic rings. The van der Waals surface area contributed by atoms with Crippen molar-refractivity contribution in [1.29, 1.82) is 0 Å². The molecule has 1 aliphatic carbocycles. The summed E-state index contributed by atoms with van der Waals surface area (Å²) in [6.07, 6.45) is 0. The molecule has 0 radical (unpaired) electrons. The normalized spacial score (nSPS) is 17.2. The van der Waals surface area contributed by atoms with Gasteiger partial charge in [-0.05, 0) is 103 Å². The topological polar surface area (TPSA) is 3.24 Å². The van der Waals surface area contributed by atoms with E-state index in [1.54, 1.807) is 0 Å². The van der Waals surface area contributed by atoms with Gasteiger partial charge in [0.2, 0.25) is 0 Å². The third-order valence-corrected chi connectivity index (χ3v) is 19.2. The molecule has 0 spiro atoms. The van der Waals surface area contributed by atoms with Crippen LogP contribution in [0.3, 0.4) is 0 Å². The van der Waals surface area contributed by atoms with Gasteiger partial charge in [-0.25, -0.2) is 0 Å². The van der Waals surface area contributed by atoms with Crippen LogP contribution in [-0.4, -0.2) is 8.07 Å². The van der Waals surface area contributed by atoms with Crippen LogP contribution in [0.25, 0.3) is 33.4 Å². The summed E-state index contributed by atoms with van der Waals surface area (Å²) in [6.45, 7) is 5.01. The Morgan fingerprint density at radius 3 is 1.60 bits per heavy atom. The largest absolute Gasteiger partial charge is 0.311 e. The Hall–Kier alpha value is -6.65. The highest BCUT2D eigenvalue weighted by Crippen LogP contribution is 2.56. The van der Waals surface area contributed by atoms with Crippen molar-refractivity contribution in [3.63, 3.8) is 0 Å². The predicted molar refractivity (Wildman–Crippen MR) is 257 cm³/mol. The van der Waals surface area contributed by atoms with Gasteiger partial charge in [0.1, 0.15) is 8.07 Å². The first-order chi connectivity index (χ1) is 29.5. The summed E-state index contributed by atoms with van der Waals surface area (Å²) in [6, 6.07) is 83.1. The van der Waals surface area contributed by atoms with Crippen LogP contribution in [0.2, 0.25) is 6.55 Å². The van der Waals surface area contributed by atoms with E-state index in [9.17, 15) is 0 Å². The molecule has 1 aliphatic heterocycles. The fourth-order valence-electron chi connectivity index (χ4n) is 9.98. The molecule has 9 aromatic carbocycles. The fraction of sp³-hybridized carbons (Fsp3) is 0.0526. The zero-order chi connectivity index (χ0) is 40.3. The third-order valence-electron chi connectivity index (χ3n) is 13.1. The van der Waals surface area contributed by atoms with Gasteiger partial charge >= 0.3 is 0 Å². The highest BCUT2D eigenvalue weighted by atomic mass is 32.2. The maximum absolute atomic E-state index is 2.58. The molecule has 3 heteroatoms. The average molecular weight is 802 g/mol. The number of anilines is 3. The van der Waals surface area contributed by atoms with Gasteiger partial charge in [0.05, 0.1) is 0 Å². The minimum atomic E-state index is -2.48. The molecule has 0 saturated carbocycles. The highest BCUT2D eigenvalue weighted by molar-refractivity contribution is 8.00. The van der Waals surface area contributed by atoms with Crippen LogP contribution in [0.1, 0.15) is 23.6 Å². The molecule has 0 bridgehead atoms. The van der Waals surface area contributed by atoms with E-state index >= 15 is 0 Å². The van der Waals surface area contributed by atoms with Crippen molar-refractivity contribution in [3.8, 4) is 33.4 Å². The Labute approximate surface area is 358 Å². The van der Waals surface area contributed by atoms with E-state index < -0.39 is 8.07 Å². The summed E-state index contributed by atoms with van der Waals surface area (Å²) in [5.74, 6) is 0. The zero-order valence-electron chi connectivity index (χ0n) is 33.7. The van der Waals surface area contributed by atoms with Gasteiger partial charge in [0, 0.05) is 37.8 Å². The van der Waals surface area contributed by atoms with Gasteiger partial charge in [0.25, 0.3) is 0 Å². The molecule has 0 saturated heterocycles. The number of hydrogen-bond donors (Lipinski definition) is 0. The van der Waals surface area contributed by atoms with Crippen LogP contribution in [-0.2, 0) is 5.41 Å². The molecule has 2 unspecified atom stereocenters. The summed E-state index contributed by atoms with van der Waals surface area (Å²) in [7, 11) is -2.48. The molecule has 2 aliphatic rings. The number of fused-ring (bicyclic) bond motifs is 6. The van der Waals surface area contributed by atoms with Crippen LogP contribution in [0.4, 0.5) is 17.1 Å². The summed E-state index contributed by atoms with van der Waals surface area (Å²) in [5, 5.41) is 4.42. The maximum atomic E-state index is 2.58. The first-order valence-electron chi connectivity index (χ1n) is 20.8. The molecule has 11 rings (SSSR count). The molecule has 0 amide bonds. The van der Waals surface area contributed by atoms with E-state index in [-0.39, 0.29) is 5.41 Å². The molecule has 2 atom stereocenters. The minimum absolute atomic E-state index is 0.254. The van der Waals surface area contributed by atoms with Crippen molar-refractivity contribution in [2.24, 2.45) is 0 Å². The van der Waals surface area contributed by atoms with Gasteiger partial charge in [-0.15, -0.1) is 0 Å².